The van der Waals surface area contributed by atoms with Crippen molar-refractivity contribution in [1.82, 2.24) is 0 Å². The van der Waals surface area contributed by atoms with Gasteiger partial charge in [-0.05, 0) is 166 Å². The van der Waals surface area contributed by atoms with Gasteiger partial charge in [-0.3, -0.25) is 0 Å². The van der Waals surface area contributed by atoms with E-state index in [0.717, 1.165) is 17.1 Å². The van der Waals surface area contributed by atoms with Crippen LogP contribution in [0.1, 0.15) is 33.4 Å². The Kier molecular flexibility index (Phi) is 12.3. The van der Waals surface area contributed by atoms with Crippen molar-refractivity contribution < 1.29 is 0 Å². The second-order valence-corrected chi connectivity index (χ2v) is 24.3. The van der Waals surface area contributed by atoms with Crippen LogP contribution in [0.15, 0.2) is 309 Å². The zero-order valence-corrected chi connectivity index (χ0v) is 49.9. The molecule has 0 radical (unpaired) electrons. The van der Waals surface area contributed by atoms with Crippen molar-refractivity contribution in [2.24, 2.45) is 0 Å². The van der Waals surface area contributed by atoms with Gasteiger partial charge in [0.2, 0.25) is 0 Å². The third kappa shape index (κ3) is 8.93. The summed E-state index contributed by atoms with van der Waals surface area (Å²) >= 11 is 0. The molecule has 18 rings (SSSR count). The lowest BCUT2D eigenvalue weighted by molar-refractivity contribution is 1.34. The Balaban J connectivity index is 0.826. The van der Waals surface area contributed by atoms with Crippen LogP contribution in [0.25, 0.3) is 167 Å². The third-order valence-electron chi connectivity index (χ3n) is 19.1. The summed E-state index contributed by atoms with van der Waals surface area (Å²) in [5.41, 5.74) is 17.8. The number of benzene rings is 18. The van der Waals surface area contributed by atoms with E-state index in [1.54, 1.807) is 0 Å². The highest BCUT2D eigenvalue weighted by Gasteiger charge is 2.26. The first-order valence-corrected chi connectivity index (χ1v) is 31.5. The van der Waals surface area contributed by atoms with Crippen LogP contribution in [0.4, 0.5) is 17.1 Å². The Hall–Kier alpha value is -11.9. The maximum atomic E-state index is 2.61. The van der Waals surface area contributed by atoms with Crippen molar-refractivity contribution in [2.45, 2.75) is 0 Å². The van der Waals surface area contributed by atoms with E-state index in [9.17, 15) is 0 Å². The standard InChI is InChI=1S/C90H57N/c1-4-10-58(11-5-1)16-19-61-22-28-64(29-23-61)73-46-34-67-40-52-79-82(55-43-70-37-49-76(73)85(67)88(70)79)91(83-56-44-71-38-50-77-74(47-35-68-41-53-80(83)89(71)86(68)77)65-30-24-62(25-31-65)20-17-59-12-6-2-7-13-59)84-57-45-72-39-51-78-75(48-36-69-42-54-81(84)90(72)87(69)78)66-32-26-63(27-33-66)21-18-60-14-8-3-9-15-60/h1-57H/b19-16+,20-17+,21-18+. The van der Waals surface area contributed by atoms with Gasteiger partial charge in [0, 0.05) is 16.2 Å². The summed E-state index contributed by atoms with van der Waals surface area (Å²) in [7, 11) is 0. The maximum absolute atomic E-state index is 2.61. The molecular formula is C90H57N. The average molecular weight is 1150 g/mol. The van der Waals surface area contributed by atoms with Crippen molar-refractivity contribution in [3.63, 3.8) is 0 Å². The highest BCUT2D eigenvalue weighted by Crippen LogP contribution is 2.52. The van der Waals surface area contributed by atoms with Gasteiger partial charge in [0.15, 0.2) is 0 Å². The minimum atomic E-state index is 1.14. The number of nitrogens with zero attached hydrogens (tertiary/aromatic N) is 1. The van der Waals surface area contributed by atoms with E-state index in [-0.39, 0.29) is 0 Å². The van der Waals surface area contributed by atoms with Gasteiger partial charge in [0.25, 0.3) is 0 Å². The molecule has 0 fully saturated rings. The van der Waals surface area contributed by atoms with Crippen LogP contribution < -0.4 is 4.90 Å². The lowest BCUT2D eigenvalue weighted by atomic mass is 9.87. The quantitative estimate of drug-likeness (QED) is 0.0870. The van der Waals surface area contributed by atoms with Crippen molar-refractivity contribution in [3.05, 3.63) is 343 Å². The van der Waals surface area contributed by atoms with Gasteiger partial charge < -0.3 is 4.90 Å². The van der Waals surface area contributed by atoms with E-state index in [4.69, 9.17) is 0 Å². The lowest BCUT2D eigenvalue weighted by Crippen LogP contribution is -2.12. The molecule has 0 atom stereocenters. The van der Waals surface area contributed by atoms with E-state index < -0.39 is 0 Å². The largest absolute Gasteiger partial charge is 0.309 e. The topological polar surface area (TPSA) is 3.24 Å². The van der Waals surface area contributed by atoms with Crippen molar-refractivity contribution in [1.29, 1.82) is 0 Å². The minimum Gasteiger partial charge on any atom is -0.309 e. The Morgan fingerprint density at radius 2 is 0.374 bits per heavy atom. The molecule has 91 heavy (non-hydrogen) atoms. The second-order valence-electron chi connectivity index (χ2n) is 24.3. The van der Waals surface area contributed by atoms with E-state index >= 15 is 0 Å². The fraction of sp³-hybridized carbons (Fsp3) is 0. The summed E-state index contributed by atoms with van der Waals surface area (Å²) in [5, 5.41) is 22.4. The Morgan fingerprint density at radius 3 is 0.637 bits per heavy atom. The molecule has 0 heterocycles. The fourth-order valence-electron chi connectivity index (χ4n) is 14.7. The molecule has 0 saturated heterocycles. The monoisotopic (exact) mass is 1150 g/mol. The number of anilines is 3. The van der Waals surface area contributed by atoms with Crippen molar-refractivity contribution >= 4 is 150 Å². The summed E-state index contributed by atoms with van der Waals surface area (Å²) in [6.45, 7) is 0. The van der Waals surface area contributed by atoms with Gasteiger partial charge in [-0.25, -0.2) is 0 Å². The molecule has 18 aromatic carbocycles. The van der Waals surface area contributed by atoms with Gasteiger partial charge in [0.1, 0.15) is 0 Å². The third-order valence-corrected chi connectivity index (χ3v) is 19.1. The van der Waals surface area contributed by atoms with Crippen LogP contribution in [-0.4, -0.2) is 0 Å². The normalized spacial score (nSPS) is 12.3. The first-order chi connectivity index (χ1) is 45.1. The van der Waals surface area contributed by atoms with Gasteiger partial charge in [-0.2, -0.15) is 0 Å². The smallest absolute Gasteiger partial charge is 0.0541 e. The number of hydrogen-bond donors (Lipinski definition) is 0. The van der Waals surface area contributed by atoms with E-state index in [2.05, 4.69) is 351 Å². The van der Waals surface area contributed by atoms with E-state index in [0.29, 0.717) is 0 Å². The summed E-state index contributed by atoms with van der Waals surface area (Å²) in [6, 6.07) is 115. The molecule has 0 saturated carbocycles. The summed E-state index contributed by atoms with van der Waals surface area (Å²) in [5.74, 6) is 0. The zero-order valence-electron chi connectivity index (χ0n) is 49.9. The van der Waals surface area contributed by atoms with Crippen molar-refractivity contribution in [3.8, 4) is 33.4 Å². The Labute approximate surface area is 528 Å². The van der Waals surface area contributed by atoms with Crippen LogP contribution in [0.5, 0.6) is 0 Å². The fourth-order valence-corrected chi connectivity index (χ4v) is 14.7. The summed E-state index contributed by atoms with van der Waals surface area (Å²) < 4.78 is 0. The molecule has 0 N–H and O–H groups in total. The molecule has 1 heteroatoms. The molecule has 0 aliphatic rings. The van der Waals surface area contributed by atoms with Crippen LogP contribution in [0.2, 0.25) is 0 Å². The molecule has 0 aromatic heterocycles. The van der Waals surface area contributed by atoms with Crippen LogP contribution >= 0.6 is 0 Å². The maximum Gasteiger partial charge on any atom is 0.0541 e. The van der Waals surface area contributed by atoms with Gasteiger partial charge >= 0.3 is 0 Å². The highest BCUT2D eigenvalue weighted by molar-refractivity contribution is 6.33. The molecule has 0 amide bonds. The molecular weight excluding hydrogens is 1090 g/mol. The van der Waals surface area contributed by atoms with E-state index in [1.807, 2.05) is 0 Å². The van der Waals surface area contributed by atoms with Gasteiger partial charge in [-0.1, -0.05) is 328 Å². The van der Waals surface area contributed by atoms with E-state index in [1.165, 1.54) is 164 Å². The van der Waals surface area contributed by atoms with Crippen LogP contribution in [-0.2, 0) is 0 Å². The molecule has 1 nitrogen and oxygen atoms in total. The predicted octanol–water partition coefficient (Wildman–Crippen LogP) is 25.4. The highest BCUT2D eigenvalue weighted by atomic mass is 15.1. The minimum absolute atomic E-state index is 1.14. The van der Waals surface area contributed by atoms with Crippen LogP contribution in [0, 0.1) is 0 Å². The first-order valence-electron chi connectivity index (χ1n) is 31.5. The molecule has 18 aromatic rings. The second kappa shape index (κ2) is 21.5. The van der Waals surface area contributed by atoms with Crippen molar-refractivity contribution in [2.75, 3.05) is 4.90 Å². The van der Waals surface area contributed by atoms with Gasteiger partial charge in [-0.15, -0.1) is 0 Å². The lowest BCUT2D eigenvalue weighted by Gasteiger charge is -2.31. The zero-order chi connectivity index (χ0) is 59.9. The summed E-state index contributed by atoms with van der Waals surface area (Å²) in [6.07, 6.45) is 13.1. The SMILES string of the molecule is C(=C\c1ccc(-c2ccc3ccc4c(N(c5ccc6ccc7c(-c8ccc(/C=C/c9ccccc9)cc8)ccc8ccc5c6c87)c5ccc6ccc7c(-c8ccc(/C=C/c9ccccc9)cc8)ccc8ccc5c6c87)ccc5ccc2c3c54)cc1)/c1ccccc1. The molecule has 0 aliphatic heterocycles. The first kappa shape index (κ1) is 52.2. The molecule has 0 aliphatic carbocycles. The predicted molar refractivity (Wildman–Crippen MR) is 395 cm³/mol. The number of hydrogen-bond acceptors (Lipinski definition) is 1. The molecule has 0 spiro atoms. The van der Waals surface area contributed by atoms with Gasteiger partial charge in [0.05, 0.1) is 17.1 Å². The molecule has 422 valence electrons. The molecule has 0 unspecified atom stereocenters. The molecule has 0 bridgehead atoms. The Bertz CT molecular complexity index is 5300. The van der Waals surface area contributed by atoms with Crippen LogP contribution in [0.3, 0.4) is 0 Å². The Morgan fingerprint density at radius 1 is 0.165 bits per heavy atom. The summed E-state index contributed by atoms with van der Waals surface area (Å²) in [4.78, 5) is 2.61. The number of rotatable bonds is 12. The average Bonchev–Trinajstić information content (AvgIpc) is 0.861.